The van der Waals surface area contributed by atoms with Crippen molar-refractivity contribution in [2.45, 2.75) is 29.8 Å². The van der Waals surface area contributed by atoms with Crippen LogP contribution in [0.4, 0.5) is 18.9 Å². The second kappa shape index (κ2) is 11.8. The lowest BCUT2D eigenvalue weighted by Gasteiger charge is -2.16. The molecule has 4 rings (SSSR count). The average molecular weight is 584 g/mol. The van der Waals surface area contributed by atoms with Crippen molar-refractivity contribution < 1.29 is 41.8 Å². The lowest BCUT2D eigenvalue weighted by molar-refractivity contribution is -0.138. The molecule has 1 atom stereocenters. The predicted octanol–water partition coefficient (Wildman–Crippen LogP) is 4.75. The number of imide groups is 1. The minimum atomic E-state index is -4.81. The number of benzene rings is 2. The number of nitrogens with zero attached hydrogens (tertiary/aromatic N) is 3. The molecule has 2 amide bonds. The number of carbonyl (C=O) groups excluding carboxylic acids is 4. The van der Waals surface area contributed by atoms with Crippen LogP contribution < -0.4 is 9.64 Å². The second-order valence-electron chi connectivity index (χ2n) is 8.73. The van der Waals surface area contributed by atoms with Gasteiger partial charge in [-0.15, -0.1) is 0 Å². The maximum Gasteiger partial charge on any atom is 0.417 e. The van der Waals surface area contributed by atoms with Crippen LogP contribution in [-0.2, 0) is 20.5 Å². The van der Waals surface area contributed by atoms with E-state index < -0.39 is 52.7 Å². The second-order valence-corrected chi connectivity index (χ2v) is 9.92. The number of Topliss-reactive ketones (excluding diaryl/α,β-unsaturated/α-hetero) is 1. The van der Waals surface area contributed by atoms with Gasteiger partial charge >= 0.3 is 12.1 Å². The molecule has 0 bridgehead atoms. The molecule has 9 nitrogen and oxygen atoms in total. The molecule has 210 valence electrons. The minimum Gasteiger partial charge on any atom is -0.496 e. The lowest BCUT2D eigenvalue weighted by Crippen LogP contribution is -2.31. The number of halogens is 3. The van der Waals surface area contributed by atoms with Gasteiger partial charge in [0, 0.05) is 12.1 Å². The van der Waals surface area contributed by atoms with Crippen LogP contribution in [0.1, 0.15) is 44.0 Å². The molecule has 0 N–H and O–H groups in total. The van der Waals surface area contributed by atoms with E-state index >= 15 is 0 Å². The number of amides is 2. The quantitative estimate of drug-likeness (QED) is 0.210. The number of alkyl halides is 3. The van der Waals surface area contributed by atoms with Crippen molar-refractivity contribution >= 4 is 41.0 Å². The van der Waals surface area contributed by atoms with Gasteiger partial charge in [0.05, 0.1) is 40.3 Å². The number of pyridine rings is 1. The van der Waals surface area contributed by atoms with Crippen molar-refractivity contribution in [1.29, 1.82) is 5.26 Å². The number of aromatic nitrogens is 1. The Hall–Kier alpha value is -4.70. The van der Waals surface area contributed by atoms with Crippen LogP contribution in [0.2, 0.25) is 0 Å². The summed E-state index contributed by atoms with van der Waals surface area (Å²) < 4.78 is 50.6. The van der Waals surface area contributed by atoms with Gasteiger partial charge in [-0.3, -0.25) is 14.4 Å². The van der Waals surface area contributed by atoms with Gasteiger partial charge in [-0.2, -0.15) is 18.4 Å². The van der Waals surface area contributed by atoms with E-state index in [9.17, 15) is 37.6 Å². The fraction of sp³-hybridized carbons (Fsp3) is 0.214. The first kappa shape index (κ1) is 29.3. The van der Waals surface area contributed by atoms with E-state index in [-0.39, 0.29) is 34.0 Å². The number of carbonyl (C=O) groups is 4. The summed E-state index contributed by atoms with van der Waals surface area (Å²) >= 11 is 0.615. The zero-order valence-corrected chi connectivity index (χ0v) is 22.3. The Balaban J connectivity index is 1.45. The van der Waals surface area contributed by atoms with Gasteiger partial charge in [-0.1, -0.05) is 23.9 Å². The number of anilines is 1. The van der Waals surface area contributed by atoms with Crippen molar-refractivity contribution in [3.63, 3.8) is 0 Å². The first-order chi connectivity index (χ1) is 19.4. The largest absolute Gasteiger partial charge is 0.496 e. The van der Waals surface area contributed by atoms with Gasteiger partial charge in [0.15, 0.2) is 6.61 Å². The average Bonchev–Trinajstić information content (AvgIpc) is 3.22. The van der Waals surface area contributed by atoms with E-state index in [0.717, 1.165) is 11.0 Å². The van der Waals surface area contributed by atoms with Crippen LogP contribution in [-0.4, -0.2) is 47.5 Å². The summed E-state index contributed by atoms with van der Waals surface area (Å²) in [6.07, 6.45) is -5.14. The highest BCUT2D eigenvalue weighted by molar-refractivity contribution is 8.00. The summed E-state index contributed by atoms with van der Waals surface area (Å²) in [6, 6.07) is 14.0. The molecule has 0 spiro atoms. The Kier molecular flexibility index (Phi) is 8.44. The van der Waals surface area contributed by atoms with Crippen LogP contribution in [0, 0.1) is 18.3 Å². The maximum atomic E-state index is 13.4. The van der Waals surface area contributed by atoms with Gasteiger partial charge in [-0.25, -0.2) is 14.7 Å². The molecule has 2 aromatic carbocycles. The SMILES string of the molecule is COc1ccccc1C(=O)COC(=O)c1ccc(N2C(=O)CC(Sc3nc(C)cc(C(F)(F)F)c3C#N)C2=O)cc1. The number of hydrogen-bond acceptors (Lipinski definition) is 9. The number of hydrogen-bond donors (Lipinski definition) is 0. The summed E-state index contributed by atoms with van der Waals surface area (Å²) in [5.74, 6) is -2.29. The number of rotatable bonds is 8. The molecule has 3 aromatic rings. The van der Waals surface area contributed by atoms with Gasteiger partial charge in [0.2, 0.25) is 17.6 Å². The van der Waals surface area contributed by atoms with E-state index in [1.165, 1.54) is 50.4 Å². The lowest BCUT2D eigenvalue weighted by atomic mass is 10.1. The van der Waals surface area contributed by atoms with E-state index in [4.69, 9.17) is 9.47 Å². The fourth-order valence-corrected chi connectivity index (χ4v) is 5.25. The summed E-state index contributed by atoms with van der Waals surface area (Å²) in [4.78, 5) is 55.5. The topological polar surface area (TPSA) is 127 Å². The van der Waals surface area contributed by atoms with Gasteiger partial charge in [0.1, 0.15) is 16.8 Å². The molecule has 0 aliphatic carbocycles. The van der Waals surface area contributed by atoms with Crippen LogP contribution in [0.25, 0.3) is 0 Å². The Morgan fingerprint density at radius 3 is 2.46 bits per heavy atom. The fourth-order valence-electron chi connectivity index (χ4n) is 4.08. The third kappa shape index (κ3) is 6.22. The van der Waals surface area contributed by atoms with Gasteiger partial charge in [-0.05, 0) is 49.4 Å². The molecule has 1 aliphatic rings. The zero-order valence-electron chi connectivity index (χ0n) is 21.5. The first-order valence-electron chi connectivity index (χ1n) is 11.9. The van der Waals surface area contributed by atoms with Crippen LogP contribution >= 0.6 is 11.8 Å². The molecule has 1 saturated heterocycles. The van der Waals surface area contributed by atoms with Crippen molar-refractivity contribution in [2.75, 3.05) is 18.6 Å². The molecule has 0 radical (unpaired) electrons. The molecule has 1 unspecified atom stereocenters. The highest BCUT2D eigenvalue weighted by atomic mass is 32.2. The minimum absolute atomic E-state index is 0.000431. The monoisotopic (exact) mass is 583 g/mol. The molecule has 41 heavy (non-hydrogen) atoms. The third-order valence-electron chi connectivity index (χ3n) is 5.99. The molecule has 13 heteroatoms. The number of thioether (sulfide) groups is 1. The number of ether oxygens (including phenoxy) is 2. The summed E-state index contributed by atoms with van der Waals surface area (Å²) in [5.41, 5.74) is -1.48. The van der Waals surface area contributed by atoms with E-state index in [1.807, 2.05) is 0 Å². The van der Waals surface area contributed by atoms with Crippen LogP contribution in [0.3, 0.4) is 0 Å². The number of aryl methyl sites for hydroxylation is 1. The normalized spacial score (nSPS) is 15.0. The van der Waals surface area contributed by atoms with E-state index in [0.29, 0.717) is 17.5 Å². The molecule has 0 saturated carbocycles. The highest BCUT2D eigenvalue weighted by Crippen LogP contribution is 2.39. The number of nitriles is 1. The molecule has 2 heterocycles. The van der Waals surface area contributed by atoms with Crippen molar-refractivity contribution in [3.05, 3.63) is 82.5 Å². The van der Waals surface area contributed by atoms with E-state index in [1.54, 1.807) is 18.2 Å². The number of ketones is 1. The molecular weight excluding hydrogens is 563 g/mol. The molecule has 1 aromatic heterocycles. The molecule has 1 aliphatic heterocycles. The van der Waals surface area contributed by atoms with Crippen molar-refractivity contribution in [2.24, 2.45) is 0 Å². The standard InChI is InChI=1S/C28H20F3N3O6S/c1-15-11-20(28(29,30)31)19(13-32)25(33-15)41-23-12-24(36)34(26(23)37)17-9-7-16(8-10-17)27(38)40-14-21(35)18-5-3-4-6-22(18)39-2/h3-11,23H,12,14H2,1-2H3. The maximum absolute atomic E-state index is 13.4. The summed E-state index contributed by atoms with van der Waals surface area (Å²) in [7, 11) is 1.41. The Morgan fingerprint density at radius 2 is 1.83 bits per heavy atom. The first-order valence-corrected chi connectivity index (χ1v) is 12.8. The van der Waals surface area contributed by atoms with Crippen molar-refractivity contribution in [3.8, 4) is 11.8 Å². The summed E-state index contributed by atoms with van der Waals surface area (Å²) in [6.45, 7) is 0.784. The third-order valence-corrected chi connectivity index (χ3v) is 7.17. The zero-order chi connectivity index (χ0) is 29.9. The number of para-hydroxylation sites is 1. The molecule has 1 fully saturated rings. The Morgan fingerprint density at radius 1 is 1.15 bits per heavy atom. The van der Waals surface area contributed by atoms with Crippen LogP contribution in [0.15, 0.2) is 59.6 Å². The molecular formula is C28H20F3N3O6S. The van der Waals surface area contributed by atoms with Crippen molar-refractivity contribution in [1.82, 2.24) is 4.98 Å². The summed E-state index contributed by atoms with van der Waals surface area (Å²) in [5, 5.41) is 7.96. The Bertz CT molecular complexity index is 1580. The Labute approximate surface area is 235 Å². The number of methoxy groups -OCH3 is 1. The predicted molar refractivity (Wildman–Crippen MR) is 139 cm³/mol. The van der Waals surface area contributed by atoms with Crippen LogP contribution in [0.5, 0.6) is 5.75 Å². The van der Waals surface area contributed by atoms with E-state index in [2.05, 4.69) is 4.98 Å². The number of esters is 1. The van der Waals surface area contributed by atoms with Gasteiger partial charge < -0.3 is 9.47 Å². The van der Waals surface area contributed by atoms with Gasteiger partial charge in [0.25, 0.3) is 0 Å². The highest BCUT2D eigenvalue weighted by Gasteiger charge is 2.42. The smallest absolute Gasteiger partial charge is 0.417 e.